The number of ketones is 1. The van der Waals surface area contributed by atoms with Crippen LogP contribution in [-0.2, 0) is 14.3 Å². The van der Waals surface area contributed by atoms with Gasteiger partial charge in [0, 0.05) is 0 Å². The van der Waals surface area contributed by atoms with E-state index in [1.807, 2.05) is 0 Å². The summed E-state index contributed by atoms with van der Waals surface area (Å²) in [6.07, 6.45) is 1.02. The van der Waals surface area contributed by atoms with Gasteiger partial charge in [0.15, 0.2) is 5.78 Å². The van der Waals surface area contributed by atoms with Crippen LogP contribution >= 0.6 is 0 Å². The van der Waals surface area contributed by atoms with Gasteiger partial charge in [0.2, 0.25) is 0 Å². The fraction of sp³-hybridized carbons (Fsp3) is 0.643. The average molecular weight is 285 g/mol. The molecule has 0 bridgehead atoms. The minimum atomic E-state index is -1.20. The predicted octanol–water partition coefficient (Wildman–Crippen LogP) is 2.14. The van der Waals surface area contributed by atoms with Crippen LogP contribution in [0.15, 0.2) is 12.7 Å². The van der Waals surface area contributed by atoms with E-state index in [0.717, 1.165) is 0 Å². The third-order valence-corrected chi connectivity index (χ3v) is 2.49. The molecule has 6 nitrogen and oxygen atoms in total. The zero-order valence-corrected chi connectivity index (χ0v) is 12.4. The summed E-state index contributed by atoms with van der Waals surface area (Å²) in [5, 5.41) is 11.4. The maximum atomic E-state index is 12.1. The molecule has 0 radical (unpaired) electrons. The number of Topliss-reactive ketones (excluding diaryl/α,β-unsaturated/α-hetero) is 1. The summed E-state index contributed by atoms with van der Waals surface area (Å²) in [4.78, 5) is 34.8. The van der Waals surface area contributed by atoms with Crippen LogP contribution in [0.5, 0.6) is 0 Å². The highest BCUT2D eigenvalue weighted by Gasteiger charge is 2.32. The Bertz CT molecular complexity index is 384. The van der Waals surface area contributed by atoms with Gasteiger partial charge in [0.1, 0.15) is 11.5 Å². The van der Waals surface area contributed by atoms with Gasteiger partial charge in [-0.15, -0.1) is 6.58 Å². The molecule has 20 heavy (non-hydrogen) atoms. The lowest BCUT2D eigenvalue weighted by Gasteiger charge is -2.23. The number of carbonyl (C=O) groups is 3. The van der Waals surface area contributed by atoms with E-state index >= 15 is 0 Å². The van der Waals surface area contributed by atoms with Crippen LogP contribution in [0.1, 0.15) is 40.5 Å². The van der Waals surface area contributed by atoms with Crippen molar-refractivity contribution in [3.05, 3.63) is 12.7 Å². The molecule has 1 amide bonds. The first-order valence-corrected chi connectivity index (χ1v) is 6.49. The van der Waals surface area contributed by atoms with Crippen LogP contribution in [0.3, 0.4) is 0 Å². The number of aliphatic carboxylic acids is 1. The second kappa shape index (κ2) is 7.67. The first-order chi connectivity index (χ1) is 9.12. The molecule has 6 heteroatoms. The highest BCUT2D eigenvalue weighted by molar-refractivity contribution is 6.02. The second-order valence-corrected chi connectivity index (χ2v) is 5.42. The van der Waals surface area contributed by atoms with Crippen molar-refractivity contribution < 1.29 is 24.2 Å². The summed E-state index contributed by atoms with van der Waals surface area (Å²) >= 11 is 0. The van der Waals surface area contributed by atoms with Crippen molar-refractivity contribution in [3.8, 4) is 0 Å². The lowest BCUT2D eigenvalue weighted by molar-refractivity contribution is -0.147. The Morgan fingerprint density at radius 3 is 2.25 bits per heavy atom. The van der Waals surface area contributed by atoms with Crippen molar-refractivity contribution in [2.45, 2.75) is 52.2 Å². The zero-order chi connectivity index (χ0) is 15.9. The van der Waals surface area contributed by atoms with Crippen LogP contribution in [0.2, 0.25) is 0 Å². The van der Waals surface area contributed by atoms with Gasteiger partial charge >= 0.3 is 12.1 Å². The highest BCUT2D eigenvalue weighted by Crippen LogP contribution is 2.12. The molecule has 0 heterocycles. The largest absolute Gasteiger partial charge is 0.481 e. The first-order valence-electron chi connectivity index (χ1n) is 6.49. The van der Waals surface area contributed by atoms with Crippen LogP contribution in [0.4, 0.5) is 4.79 Å². The zero-order valence-electron chi connectivity index (χ0n) is 12.4. The lowest BCUT2D eigenvalue weighted by atomic mass is 9.94. The SMILES string of the molecule is C=CCC(NC(=O)OC(C)(C)C)C(=O)C(CC)C(=O)O. The van der Waals surface area contributed by atoms with E-state index in [-0.39, 0.29) is 12.8 Å². The van der Waals surface area contributed by atoms with Gasteiger partial charge in [0.25, 0.3) is 0 Å². The van der Waals surface area contributed by atoms with E-state index in [4.69, 9.17) is 9.84 Å². The van der Waals surface area contributed by atoms with E-state index in [9.17, 15) is 14.4 Å². The molecule has 0 spiro atoms. The second-order valence-electron chi connectivity index (χ2n) is 5.42. The van der Waals surface area contributed by atoms with E-state index in [1.165, 1.54) is 6.08 Å². The highest BCUT2D eigenvalue weighted by atomic mass is 16.6. The number of hydrogen-bond acceptors (Lipinski definition) is 4. The van der Waals surface area contributed by atoms with Crippen molar-refractivity contribution >= 4 is 17.8 Å². The average Bonchev–Trinajstić information content (AvgIpc) is 2.26. The topological polar surface area (TPSA) is 92.7 Å². The minimum absolute atomic E-state index is 0.155. The van der Waals surface area contributed by atoms with Gasteiger partial charge in [-0.25, -0.2) is 4.79 Å². The van der Waals surface area contributed by atoms with Crippen LogP contribution < -0.4 is 5.32 Å². The number of rotatable bonds is 7. The molecule has 0 aromatic heterocycles. The third kappa shape index (κ3) is 6.36. The van der Waals surface area contributed by atoms with E-state index < -0.39 is 35.4 Å². The van der Waals surface area contributed by atoms with Gasteiger partial charge in [0.05, 0.1) is 6.04 Å². The van der Waals surface area contributed by atoms with Crippen LogP contribution in [0, 0.1) is 5.92 Å². The van der Waals surface area contributed by atoms with E-state index in [0.29, 0.717) is 0 Å². The molecule has 2 unspecified atom stereocenters. The molecule has 2 atom stereocenters. The molecular weight excluding hydrogens is 262 g/mol. The molecular formula is C14H23NO5. The van der Waals surface area contributed by atoms with Crippen molar-refractivity contribution in [3.63, 3.8) is 0 Å². The van der Waals surface area contributed by atoms with E-state index in [1.54, 1.807) is 27.7 Å². The Hall–Kier alpha value is -1.85. The summed E-state index contributed by atoms with van der Waals surface area (Å²) in [6, 6.07) is -0.941. The van der Waals surface area contributed by atoms with E-state index in [2.05, 4.69) is 11.9 Å². The monoisotopic (exact) mass is 285 g/mol. The van der Waals surface area contributed by atoms with Crippen molar-refractivity contribution in [1.29, 1.82) is 0 Å². The summed E-state index contributed by atoms with van der Waals surface area (Å²) in [5.74, 6) is -2.89. The smallest absolute Gasteiger partial charge is 0.408 e. The van der Waals surface area contributed by atoms with Gasteiger partial charge in [-0.2, -0.15) is 0 Å². The number of hydrogen-bond donors (Lipinski definition) is 2. The van der Waals surface area contributed by atoms with Gasteiger partial charge in [-0.3, -0.25) is 9.59 Å². The minimum Gasteiger partial charge on any atom is -0.481 e. The molecule has 0 aromatic carbocycles. The summed E-state index contributed by atoms with van der Waals surface area (Å²) < 4.78 is 5.05. The maximum Gasteiger partial charge on any atom is 0.408 e. The molecule has 0 saturated carbocycles. The number of carboxylic acid groups (broad SMARTS) is 1. The molecule has 0 aromatic rings. The molecule has 0 saturated heterocycles. The van der Waals surface area contributed by atoms with Crippen molar-refractivity contribution in [2.24, 2.45) is 5.92 Å². The summed E-state index contributed by atoms with van der Waals surface area (Å²) in [7, 11) is 0. The molecule has 0 aliphatic carbocycles. The fourth-order valence-electron chi connectivity index (χ4n) is 1.60. The molecule has 0 fully saturated rings. The molecule has 114 valence electrons. The lowest BCUT2D eigenvalue weighted by Crippen LogP contribution is -2.46. The quantitative estimate of drug-likeness (QED) is 0.552. The fourth-order valence-corrected chi connectivity index (χ4v) is 1.60. The Kier molecular flexibility index (Phi) is 6.96. The van der Waals surface area contributed by atoms with Crippen molar-refractivity contribution in [2.75, 3.05) is 0 Å². The maximum absolute atomic E-state index is 12.1. The number of carboxylic acids is 1. The molecule has 0 aliphatic heterocycles. The number of alkyl carbamates (subject to hydrolysis) is 1. The molecule has 2 N–H and O–H groups in total. The standard InChI is InChI=1S/C14H23NO5/c1-6-8-10(11(16)9(7-2)12(17)18)15-13(19)20-14(3,4)5/h6,9-10H,1,7-8H2,2-5H3,(H,15,19)(H,17,18). The number of amides is 1. The Morgan fingerprint density at radius 2 is 1.90 bits per heavy atom. The Labute approximate surface area is 119 Å². The van der Waals surface area contributed by atoms with Crippen LogP contribution in [-0.4, -0.2) is 34.6 Å². The number of carbonyl (C=O) groups excluding carboxylic acids is 2. The van der Waals surface area contributed by atoms with Gasteiger partial charge in [-0.05, 0) is 33.6 Å². The number of ether oxygens (including phenoxy) is 1. The summed E-state index contributed by atoms with van der Waals surface area (Å²) in [6.45, 7) is 10.2. The normalized spacial score (nSPS) is 14.0. The van der Waals surface area contributed by atoms with Crippen molar-refractivity contribution in [1.82, 2.24) is 5.32 Å². The predicted molar refractivity (Wildman–Crippen MR) is 74.4 cm³/mol. The van der Waals surface area contributed by atoms with Gasteiger partial charge in [-0.1, -0.05) is 13.0 Å². The Balaban J connectivity index is 4.88. The van der Waals surface area contributed by atoms with Crippen LogP contribution in [0.25, 0.3) is 0 Å². The molecule has 0 aliphatic rings. The summed E-state index contributed by atoms with van der Waals surface area (Å²) in [5.41, 5.74) is -0.692. The molecule has 0 rings (SSSR count). The van der Waals surface area contributed by atoms with Gasteiger partial charge < -0.3 is 15.2 Å². The third-order valence-electron chi connectivity index (χ3n) is 2.49. The Morgan fingerprint density at radius 1 is 1.35 bits per heavy atom. The number of nitrogens with one attached hydrogen (secondary N) is 1. The first kappa shape index (κ1) is 18.1.